The number of nitriles is 1. The summed E-state index contributed by atoms with van der Waals surface area (Å²) in [4.78, 5) is 12.3. The highest BCUT2D eigenvalue weighted by molar-refractivity contribution is 6.31. The van der Waals surface area contributed by atoms with E-state index in [4.69, 9.17) is 16.9 Å². The van der Waals surface area contributed by atoms with Crippen molar-refractivity contribution in [2.75, 3.05) is 10.6 Å². The minimum absolute atomic E-state index is 0.167. The topological polar surface area (TPSA) is 90.7 Å². The van der Waals surface area contributed by atoms with Crippen LogP contribution in [0.1, 0.15) is 21.6 Å². The Labute approximate surface area is 155 Å². The first-order chi connectivity index (χ1) is 12.6. The second-order valence-corrected chi connectivity index (χ2v) is 5.91. The molecule has 0 spiro atoms. The Morgan fingerprint density at radius 2 is 1.92 bits per heavy atom. The largest absolute Gasteiger partial charge is 0.338 e. The lowest BCUT2D eigenvalue weighted by Crippen LogP contribution is -2.14. The zero-order chi connectivity index (χ0) is 18.5. The van der Waals surface area contributed by atoms with Crippen LogP contribution in [0.4, 0.5) is 17.2 Å². The minimum atomic E-state index is -0.388. The van der Waals surface area contributed by atoms with Gasteiger partial charge in [-0.1, -0.05) is 29.8 Å². The van der Waals surface area contributed by atoms with Gasteiger partial charge in [-0.05, 0) is 48.9 Å². The molecule has 0 atom stereocenters. The lowest BCUT2D eigenvalue weighted by molar-refractivity contribution is 0.102. The van der Waals surface area contributed by atoms with E-state index < -0.39 is 0 Å². The summed E-state index contributed by atoms with van der Waals surface area (Å²) < 4.78 is 0. The molecule has 0 unspecified atom stereocenters. The van der Waals surface area contributed by atoms with Crippen molar-refractivity contribution in [1.29, 1.82) is 5.26 Å². The van der Waals surface area contributed by atoms with Crippen molar-refractivity contribution in [3.63, 3.8) is 0 Å². The van der Waals surface area contributed by atoms with E-state index in [2.05, 4.69) is 26.9 Å². The summed E-state index contributed by atoms with van der Waals surface area (Å²) in [7, 11) is 0. The van der Waals surface area contributed by atoms with Gasteiger partial charge in [-0.2, -0.15) is 5.26 Å². The number of benzene rings is 2. The molecule has 1 aromatic heterocycles. The van der Waals surface area contributed by atoms with Gasteiger partial charge in [0.25, 0.3) is 5.91 Å². The molecule has 3 rings (SSSR count). The smallest absolute Gasteiger partial charge is 0.276 e. The van der Waals surface area contributed by atoms with Gasteiger partial charge in [0.1, 0.15) is 6.07 Å². The highest BCUT2D eigenvalue weighted by Gasteiger charge is 2.10. The van der Waals surface area contributed by atoms with Crippen molar-refractivity contribution < 1.29 is 4.79 Å². The molecule has 128 valence electrons. The molecule has 0 aliphatic rings. The molecule has 1 heterocycles. The van der Waals surface area contributed by atoms with E-state index in [0.717, 1.165) is 5.56 Å². The first kappa shape index (κ1) is 17.4. The molecule has 26 heavy (non-hydrogen) atoms. The highest BCUT2D eigenvalue weighted by Crippen LogP contribution is 2.21. The van der Waals surface area contributed by atoms with Crippen molar-refractivity contribution in [3.8, 4) is 6.07 Å². The number of carbonyl (C=O) groups is 1. The van der Waals surface area contributed by atoms with Crippen LogP contribution in [0.5, 0.6) is 0 Å². The van der Waals surface area contributed by atoms with Crippen LogP contribution in [0.3, 0.4) is 0 Å². The van der Waals surface area contributed by atoms with Crippen LogP contribution in [0.25, 0.3) is 0 Å². The zero-order valence-corrected chi connectivity index (χ0v) is 14.6. The number of anilines is 3. The second-order valence-electron chi connectivity index (χ2n) is 5.50. The molecule has 0 aliphatic carbocycles. The van der Waals surface area contributed by atoms with Gasteiger partial charge in [-0.3, -0.25) is 4.79 Å². The monoisotopic (exact) mass is 363 g/mol. The van der Waals surface area contributed by atoms with Gasteiger partial charge in [-0.15, -0.1) is 10.2 Å². The summed E-state index contributed by atoms with van der Waals surface area (Å²) in [5.41, 5.74) is 2.79. The fraction of sp³-hybridized carbons (Fsp3) is 0.0526. The van der Waals surface area contributed by atoms with Crippen LogP contribution in [0, 0.1) is 18.3 Å². The van der Waals surface area contributed by atoms with E-state index in [1.165, 1.54) is 0 Å². The number of nitrogens with one attached hydrogen (secondary N) is 2. The Morgan fingerprint density at radius 3 is 2.62 bits per heavy atom. The van der Waals surface area contributed by atoms with Crippen molar-refractivity contribution in [1.82, 2.24) is 10.2 Å². The van der Waals surface area contributed by atoms with Gasteiger partial charge >= 0.3 is 0 Å². The molecule has 0 radical (unpaired) electrons. The Morgan fingerprint density at radius 1 is 1.12 bits per heavy atom. The summed E-state index contributed by atoms with van der Waals surface area (Å²) in [5.74, 6) is 0.0454. The lowest BCUT2D eigenvalue weighted by Gasteiger charge is -2.08. The molecule has 2 aromatic carbocycles. The van der Waals surface area contributed by atoms with Crippen molar-refractivity contribution in [3.05, 3.63) is 76.4 Å². The molecule has 1 amide bonds. The summed E-state index contributed by atoms with van der Waals surface area (Å²) in [6, 6.07) is 17.6. The Bertz CT molecular complexity index is 996. The molecular formula is C19H14ClN5O. The number of rotatable bonds is 4. The highest BCUT2D eigenvalue weighted by atomic mass is 35.5. The Hall–Kier alpha value is -3.43. The maximum atomic E-state index is 12.3. The third-order valence-electron chi connectivity index (χ3n) is 3.64. The average Bonchev–Trinajstić information content (AvgIpc) is 2.66. The zero-order valence-electron chi connectivity index (χ0n) is 13.8. The molecule has 2 N–H and O–H groups in total. The van der Waals surface area contributed by atoms with Crippen LogP contribution in [0.15, 0.2) is 54.6 Å². The quantitative estimate of drug-likeness (QED) is 0.720. The Balaban J connectivity index is 1.71. The molecular weight excluding hydrogens is 350 g/mol. The molecule has 7 heteroatoms. The van der Waals surface area contributed by atoms with Crippen molar-refractivity contribution in [2.45, 2.75) is 6.92 Å². The molecule has 0 saturated carbocycles. The maximum absolute atomic E-state index is 12.3. The van der Waals surface area contributed by atoms with E-state index in [0.29, 0.717) is 27.8 Å². The van der Waals surface area contributed by atoms with E-state index >= 15 is 0 Å². The summed E-state index contributed by atoms with van der Waals surface area (Å²) in [6.07, 6.45) is 0. The lowest BCUT2D eigenvalue weighted by atomic mass is 10.2. The molecule has 0 fully saturated rings. The van der Waals surface area contributed by atoms with Gasteiger partial charge in [0.2, 0.25) is 0 Å². The summed E-state index contributed by atoms with van der Waals surface area (Å²) >= 11 is 6.06. The van der Waals surface area contributed by atoms with Crippen LogP contribution in [-0.2, 0) is 0 Å². The normalized spacial score (nSPS) is 10.0. The molecule has 6 nitrogen and oxygen atoms in total. The third-order valence-corrected chi connectivity index (χ3v) is 4.04. The SMILES string of the molecule is Cc1ccc(NC(=O)c2ccc(Nc3ccccc3C#N)nn2)cc1Cl. The number of halogens is 1. The van der Waals surface area contributed by atoms with Gasteiger partial charge in [0, 0.05) is 10.7 Å². The predicted octanol–water partition coefficient (Wildman–Crippen LogP) is 4.31. The van der Waals surface area contributed by atoms with Crippen LogP contribution in [0.2, 0.25) is 5.02 Å². The second kappa shape index (κ2) is 7.64. The van der Waals surface area contributed by atoms with E-state index in [1.807, 2.05) is 19.1 Å². The number of para-hydroxylation sites is 1. The fourth-order valence-electron chi connectivity index (χ4n) is 2.21. The number of carbonyl (C=O) groups excluding carboxylic acids is 1. The number of hydrogen-bond donors (Lipinski definition) is 2. The Kier molecular flexibility index (Phi) is 5.11. The fourth-order valence-corrected chi connectivity index (χ4v) is 2.39. The van der Waals surface area contributed by atoms with E-state index in [-0.39, 0.29) is 11.6 Å². The van der Waals surface area contributed by atoms with Crippen molar-refractivity contribution in [2.24, 2.45) is 0 Å². The predicted molar refractivity (Wildman–Crippen MR) is 101 cm³/mol. The molecule has 3 aromatic rings. The third kappa shape index (κ3) is 3.97. The number of aromatic nitrogens is 2. The van der Waals surface area contributed by atoms with Crippen LogP contribution < -0.4 is 10.6 Å². The van der Waals surface area contributed by atoms with Gasteiger partial charge < -0.3 is 10.6 Å². The number of aryl methyl sites for hydroxylation is 1. The number of nitrogens with zero attached hydrogens (tertiary/aromatic N) is 3. The van der Waals surface area contributed by atoms with E-state index in [9.17, 15) is 4.79 Å². The average molecular weight is 364 g/mol. The summed E-state index contributed by atoms with van der Waals surface area (Å²) in [5, 5.41) is 23.3. The van der Waals surface area contributed by atoms with Gasteiger partial charge in [-0.25, -0.2) is 0 Å². The summed E-state index contributed by atoms with van der Waals surface area (Å²) in [6.45, 7) is 1.88. The van der Waals surface area contributed by atoms with Crippen LogP contribution in [-0.4, -0.2) is 16.1 Å². The standard InChI is InChI=1S/C19H14ClN5O/c1-12-6-7-14(10-15(12)20)22-19(26)17-8-9-18(25-24-17)23-16-5-3-2-4-13(16)11-21/h2-10H,1H3,(H,22,26)(H,23,25). The molecule has 0 bridgehead atoms. The minimum Gasteiger partial charge on any atom is -0.338 e. The molecule has 0 saturated heterocycles. The maximum Gasteiger partial charge on any atom is 0.276 e. The van der Waals surface area contributed by atoms with E-state index in [1.54, 1.807) is 42.5 Å². The van der Waals surface area contributed by atoms with Gasteiger partial charge in [0.05, 0.1) is 11.3 Å². The first-order valence-electron chi connectivity index (χ1n) is 7.74. The number of amides is 1. The molecule has 0 aliphatic heterocycles. The van der Waals surface area contributed by atoms with Crippen molar-refractivity contribution >= 4 is 34.7 Å². The van der Waals surface area contributed by atoms with Crippen LogP contribution >= 0.6 is 11.6 Å². The van der Waals surface area contributed by atoms with Gasteiger partial charge in [0.15, 0.2) is 11.5 Å². The number of hydrogen-bond acceptors (Lipinski definition) is 5. The first-order valence-corrected chi connectivity index (χ1v) is 8.12.